The first kappa shape index (κ1) is 22.4. The lowest BCUT2D eigenvalue weighted by Crippen LogP contribution is -2.13. The molecule has 2 aromatic heterocycles. The van der Waals surface area contributed by atoms with Crippen LogP contribution in [0.4, 0.5) is 5.13 Å². The number of amides is 1. The normalized spacial score (nSPS) is 11.9. The highest BCUT2D eigenvalue weighted by Gasteiger charge is 2.18. The third-order valence-corrected chi connectivity index (χ3v) is 6.15. The highest BCUT2D eigenvalue weighted by atomic mass is 32.2. The molecule has 0 saturated heterocycles. The van der Waals surface area contributed by atoms with Gasteiger partial charge in [0.05, 0.1) is 0 Å². The minimum Gasteiger partial charge on any atom is -0.318 e. The number of sulfone groups is 1. The Labute approximate surface area is 185 Å². The van der Waals surface area contributed by atoms with Crippen LogP contribution in [0.15, 0.2) is 35.0 Å². The van der Waals surface area contributed by atoms with Crippen LogP contribution >= 0.6 is 11.5 Å². The van der Waals surface area contributed by atoms with Gasteiger partial charge in [0.15, 0.2) is 0 Å². The van der Waals surface area contributed by atoms with Gasteiger partial charge in [-0.15, -0.1) is 0 Å². The summed E-state index contributed by atoms with van der Waals surface area (Å²) in [5.74, 6) is -0.685. The number of carbonyl (C=O) groups excluding carboxylic acids is 1. The summed E-state index contributed by atoms with van der Waals surface area (Å²) in [6.45, 7) is 7.95. The lowest BCUT2D eigenvalue weighted by atomic mass is 10.1. The molecule has 3 rings (SSSR count). The van der Waals surface area contributed by atoms with Crippen LogP contribution < -0.4 is 5.32 Å². The average molecular weight is 456 g/mol. The summed E-state index contributed by atoms with van der Waals surface area (Å²) in [4.78, 5) is 16.3. The quantitative estimate of drug-likeness (QED) is 0.465. The average Bonchev–Trinajstić information content (AvgIpc) is 3.23. The van der Waals surface area contributed by atoms with Crippen molar-refractivity contribution in [2.75, 3.05) is 11.6 Å². The minimum atomic E-state index is -3.58. The van der Waals surface area contributed by atoms with Gasteiger partial charge in [0, 0.05) is 34.9 Å². The van der Waals surface area contributed by atoms with Crippen molar-refractivity contribution in [1.82, 2.24) is 13.9 Å². The molecule has 8 nitrogen and oxygen atoms in total. The Bertz CT molecular complexity index is 1340. The fraction of sp³-hybridized carbons (Fsp3) is 0.238. The van der Waals surface area contributed by atoms with Crippen molar-refractivity contribution in [3.8, 4) is 11.8 Å². The van der Waals surface area contributed by atoms with E-state index in [-0.39, 0.29) is 15.9 Å². The van der Waals surface area contributed by atoms with Gasteiger partial charge in [-0.2, -0.15) is 14.6 Å². The van der Waals surface area contributed by atoms with Crippen LogP contribution in [0.1, 0.15) is 28.1 Å². The van der Waals surface area contributed by atoms with E-state index in [9.17, 15) is 18.5 Å². The molecule has 0 atom stereocenters. The first-order chi connectivity index (χ1) is 14.5. The summed E-state index contributed by atoms with van der Waals surface area (Å²) in [6.07, 6.45) is 2.49. The number of hydrogen-bond acceptors (Lipinski definition) is 7. The molecule has 1 amide bonds. The third kappa shape index (κ3) is 4.90. The molecule has 0 aliphatic heterocycles. The lowest BCUT2D eigenvalue weighted by Gasteiger charge is -2.12. The Morgan fingerprint density at radius 2 is 1.81 bits per heavy atom. The molecule has 2 heterocycles. The smallest absolute Gasteiger partial charge is 0.268 e. The second-order valence-electron chi connectivity index (χ2n) is 7.29. The van der Waals surface area contributed by atoms with E-state index in [1.54, 1.807) is 0 Å². The van der Waals surface area contributed by atoms with Crippen molar-refractivity contribution in [1.29, 1.82) is 5.26 Å². The minimum absolute atomic E-state index is 0.00674. The third-order valence-electron chi connectivity index (χ3n) is 4.56. The number of nitrogens with one attached hydrogen (secondary N) is 1. The number of carbonyl (C=O) groups is 1. The van der Waals surface area contributed by atoms with E-state index in [0.717, 1.165) is 51.6 Å². The van der Waals surface area contributed by atoms with Gasteiger partial charge in [-0.25, -0.2) is 8.42 Å². The summed E-state index contributed by atoms with van der Waals surface area (Å²) in [5, 5.41) is 11.6. The van der Waals surface area contributed by atoms with Crippen molar-refractivity contribution in [3.05, 3.63) is 57.9 Å². The lowest BCUT2D eigenvalue weighted by molar-refractivity contribution is -0.112. The highest BCUT2D eigenvalue weighted by Crippen LogP contribution is 2.25. The fourth-order valence-electron chi connectivity index (χ4n) is 3.29. The van der Waals surface area contributed by atoms with E-state index in [4.69, 9.17) is 0 Å². The zero-order valence-corrected chi connectivity index (χ0v) is 19.3. The summed E-state index contributed by atoms with van der Waals surface area (Å²) in [5.41, 5.74) is 5.75. The van der Waals surface area contributed by atoms with Gasteiger partial charge < -0.3 is 4.57 Å². The number of nitriles is 1. The molecule has 0 radical (unpaired) electrons. The first-order valence-corrected chi connectivity index (χ1v) is 11.9. The van der Waals surface area contributed by atoms with Gasteiger partial charge in [-0.05, 0) is 68.7 Å². The van der Waals surface area contributed by atoms with Crippen LogP contribution in [-0.2, 0) is 14.6 Å². The molecular formula is C21H21N5O3S2. The van der Waals surface area contributed by atoms with Crippen LogP contribution in [0, 0.1) is 39.0 Å². The largest absolute Gasteiger partial charge is 0.318 e. The van der Waals surface area contributed by atoms with E-state index < -0.39 is 15.7 Å². The van der Waals surface area contributed by atoms with Crippen molar-refractivity contribution in [2.45, 2.75) is 32.9 Å². The maximum Gasteiger partial charge on any atom is 0.268 e. The van der Waals surface area contributed by atoms with E-state index in [2.05, 4.69) is 37.4 Å². The number of nitrogens with zero attached hydrogens (tertiary/aromatic N) is 4. The van der Waals surface area contributed by atoms with Crippen LogP contribution in [0.5, 0.6) is 0 Å². The predicted molar refractivity (Wildman–Crippen MR) is 120 cm³/mol. The Balaban J connectivity index is 1.93. The topological polar surface area (TPSA) is 118 Å². The molecule has 0 spiro atoms. The number of aryl methyl sites for hydroxylation is 3. The van der Waals surface area contributed by atoms with Crippen LogP contribution in [0.2, 0.25) is 0 Å². The maximum atomic E-state index is 12.6. The summed E-state index contributed by atoms with van der Waals surface area (Å²) in [6, 6.07) is 10.1. The number of anilines is 1. The Kier molecular flexibility index (Phi) is 6.10. The van der Waals surface area contributed by atoms with Gasteiger partial charge >= 0.3 is 0 Å². The maximum absolute atomic E-state index is 12.6. The molecule has 3 aromatic rings. The van der Waals surface area contributed by atoms with Gasteiger partial charge in [-0.1, -0.05) is 6.07 Å². The number of hydrogen-bond donors (Lipinski definition) is 1. The fourth-order valence-corrected chi connectivity index (χ4v) is 4.73. The molecule has 0 aliphatic rings. The molecule has 31 heavy (non-hydrogen) atoms. The molecular weight excluding hydrogens is 434 g/mol. The van der Waals surface area contributed by atoms with Crippen molar-refractivity contribution in [2.24, 2.45) is 0 Å². The van der Waals surface area contributed by atoms with Gasteiger partial charge in [0.1, 0.15) is 11.6 Å². The molecule has 0 saturated carbocycles. The number of rotatable bonds is 5. The monoisotopic (exact) mass is 455 g/mol. The Hall–Kier alpha value is -3.29. The number of benzene rings is 1. The zero-order valence-electron chi connectivity index (χ0n) is 17.7. The summed E-state index contributed by atoms with van der Waals surface area (Å²) >= 11 is 0.736. The van der Waals surface area contributed by atoms with Crippen molar-refractivity contribution in [3.63, 3.8) is 0 Å². The van der Waals surface area contributed by atoms with Crippen molar-refractivity contribution < 1.29 is 13.2 Å². The first-order valence-electron chi connectivity index (χ1n) is 9.24. The van der Waals surface area contributed by atoms with Crippen molar-refractivity contribution >= 4 is 38.5 Å². The van der Waals surface area contributed by atoms with Gasteiger partial charge in [0.2, 0.25) is 15.0 Å². The van der Waals surface area contributed by atoms with E-state index in [1.807, 2.05) is 39.8 Å². The molecule has 0 unspecified atom stereocenters. The molecule has 0 bridgehead atoms. The Morgan fingerprint density at radius 3 is 2.35 bits per heavy atom. The van der Waals surface area contributed by atoms with E-state index >= 15 is 0 Å². The van der Waals surface area contributed by atoms with Crippen LogP contribution in [0.3, 0.4) is 0 Å². The molecule has 1 aromatic carbocycles. The SMILES string of the molecule is Cc1cc(C)cc(-n2c(C)cc(/C=C(/C#N)C(=O)Nc3nc(S(C)(=O)=O)ns3)c2C)c1. The molecule has 0 fully saturated rings. The van der Waals surface area contributed by atoms with E-state index in [1.165, 1.54) is 6.08 Å². The van der Waals surface area contributed by atoms with E-state index in [0.29, 0.717) is 0 Å². The molecule has 10 heteroatoms. The van der Waals surface area contributed by atoms with Crippen LogP contribution in [0.25, 0.3) is 11.8 Å². The molecule has 0 aliphatic carbocycles. The van der Waals surface area contributed by atoms with Gasteiger partial charge in [-0.3, -0.25) is 10.1 Å². The number of aromatic nitrogens is 3. The summed E-state index contributed by atoms with van der Waals surface area (Å²) < 4.78 is 28.8. The predicted octanol–water partition coefficient (Wildman–Crippen LogP) is 3.51. The van der Waals surface area contributed by atoms with Gasteiger partial charge in [0.25, 0.3) is 11.1 Å². The Morgan fingerprint density at radius 1 is 1.16 bits per heavy atom. The summed E-state index contributed by atoms with van der Waals surface area (Å²) in [7, 11) is -3.58. The van der Waals surface area contributed by atoms with Crippen LogP contribution in [-0.4, -0.2) is 34.5 Å². The highest BCUT2D eigenvalue weighted by molar-refractivity contribution is 7.90. The second-order valence-corrected chi connectivity index (χ2v) is 9.95. The zero-order chi connectivity index (χ0) is 22.9. The molecule has 1 N–H and O–H groups in total. The second kappa shape index (κ2) is 8.45. The molecule has 160 valence electrons. The standard InChI is InChI=1S/C21H21N5O3S2/c1-12-6-13(2)8-18(7-12)26-14(3)9-16(15(26)4)10-17(11-22)19(27)23-20-24-21(25-30-20)31(5,28)29/h6-10H,1-5H3,(H,23,24,25,27)/b17-10-.